The van der Waals surface area contributed by atoms with E-state index in [9.17, 15) is 4.79 Å². The van der Waals surface area contributed by atoms with Gasteiger partial charge in [-0.2, -0.15) is 0 Å². The molecule has 152 valence electrons. The minimum absolute atomic E-state index is 0.170. The average molecular weight is 451 g/mol. The molecule has 0 aliphatic carbocycles. The molecule has 0 radical (unpaired) electrons. The highest BCUT2D eigenvalue weighted by Crippen LogP contribution is 2.26. The van der Waals surface area contributed by atoms with E-state index < -0.39 is 0 Å². The van der Waals surface area contributed by atoms with Crippen molar-refractivity contribution in [1.82, 2.24) is 14.8 Å². The van der Waals surface area contributed by atoms with Crippen molar-refractivity contribution in [3.63, 3.8) is 0 Å². The third kappa shape index (κ3) is 5.65. The summed E-state index contributed by atoms with van der Waals surface area (Å²) >= 11 is 13.2. The maximum atomic E-state index is 12.2. The van der Waals surface area contributed by atoms with Crippen LogP contribution in [-0.4, -0.2) is 26.4 Å². The third-order valence-electron chi connectivity index (χ3n) is 4.31. The number of aryl methyl sites for hydroxylation is 2. The molecule has 0 aliphatic heterocycles. The van der Waals surface area contributed by atoms with Crippen molar-refractivity contribution in [2.75, 3.05) is 11.1 Å². The molecule has 9 heteroatoms. The molecule has 29 heavy (non-hydrogen) atoms. The molecule has 0 fully saturated rings. The molecule has 3 aromatic rings. The topological polar surface area (TPSA) is 69.0 Å². The van der Waals surface area contributed by atoms with Crippen LogP contribution in [0.2, 0.25) is 10.0 Å². The van der Waals surface area contributed by atoms with Gasteiger partial charge in [-0.15, -0.1) is 10.2 Å². The molecule has 0 spiro atoms. The van der Waals surface area contributed by atoms with Crippen LogP contribution in [0.25, 0.3) is 0 Å². The molecule has 0 unspecified atom stereocenters. The second-order valence-electron chi connectivity index (χ2n) is 6.45. The Morgan fingerprint density at radius 2 is 1.93 bits per heavy atom. The van der Waals surface area contributed by atoms with Gasteiger partial charge in [0.15, 0.2) is 11.0 Å². The van der Waals surface area contributed by atoms with Crippen LogP contribution >= 0.6 is 35.0 Å². The lowest BCUT2D eigenvalue weighted by Crippen LogP contribution is -2.15. The van der Waals surface area contributed by atoms with E-state index in [1.165, 1.54) is 22.9 Å². The molecule has 2 aromatic carbocycles. The maximum absolute atomic E-state index is 12.2. The SMILES string of the molecule is Cc1ccc(OCc2nnc(SCC(=O)Nc3ccc(Cl)cc3Cl)n2C)cc1C. The largest absolute Gasteiger partial charge is 0.486 e. The van der Waals surface area contributed by atoms with Crippen molar-refractivity contribution in [2.45, 2.75) is 25.6 Å². The summed E-state index contributed by atoms with van der Waals surface area (Å²) in [4.78, 5) is 12.2. The quantitative estimate of drug-likeness (QED) is 0.510. The number of hydrogen-bond acceptors (Lipinski definition) is 5. The number of amides is 1. The van der Waals surface area contributed by atoms with E-state index in [2.05, 4.69) is 22.4 Å². The first-order valence-electron chi connectivity index (χ1n) is 8.79. The summed E-state index contributed by atoms with van der Waals surface area (Å²) in [7, 11) is 1.84. The molecule has 0 atom stereocenters. The second-order valence-corrected chi connectivity index (χ2v) is 8.24. The summed E-state index contributed by atoms with van der Waals surface area (Å²) in [6.45, 7) is 4.39. The zero-order chi connectivity index (χ0) is 21.0. The highest BCUT2D eigenvalue weighted by atomic mass is 35.5. The van der Waals surface area contributed by atoms with E-state index in [4.69, 9.17) is 27.9 Å². The van der Waals surface area contributed by atoms with Gasteiger partial charge in [0.2, 0.25) is 5.91 Å². The number of anilines is 1. The monoisotopic (exact) mass is 450 g/mol. The lowest BCUT2D eigenvalue weighted by Gasteiger charge is -2.09. The van der Waals surface area contributed by atoms with Crippen LogP contribution in [0.15, 0.2) is 41.6 Å². The van der Waals surface area contributed by atoms with Crippen molar-refractivity contribution in [1.29, 1.82) is 0 Å². The predicted octanol–water partition coefficient (Wildman–Crippen LogP) is 5.05. The first-order chi connectivity index (χ1) is 13.8. The smallest absolute Gasteiger partial charge is 0.234 e. The second kappa shape index (κ2) is 9.52. The van der Waals surface area contributed by atoms with Crippen LogP contribution in [0, 0.1) is 13.8 Å². The number of carbonyl (C=O) groups is 1. The van der Waals surface area contributed by atoms with Crippen LogP contribution in [0.1, 0.15) is 17.0 Å². The number of halogens is 2. The van der Waals surface area contributed by atoms with Gasteiger partial charge in [-0.3, -0.25) is 4.79 Å². The summed E-state index contributed by atoms with van der Waals surface area (Å²) in [5.74, 6) is 1.43. The van der Waals surface area contributed by atoms with Crippen LogP contribution in [-0.2, 0) is 18.4 Å². The van der Waals surface area contributed by atoms with Gasteiger partial charge >= 0.3 is 0 Å². The number of ether oxygens (including phenoxy) is 1. The van der Waals surface area contributed by atoms with Gasteiger partial charge in [-0.1, -0.05) is 41.0 Å². The summed E-state index contributed by atoms with van der Waals surface area (Å²) in [5.41, 5.74) is 2.90. The number of benzene rings is 2. The Labute approximate surface area is 183 Å². The number of thioether (sulfide) groups is 1. The lowest BCUT2D eigenvalue weighted by atomic mass is 10.1. The number of aromatic nitrogens is 3. The number of nitrogens with one attached hydrogen (secondary N) is 1. The fourth-order valence-electron chi connectivity index (χ4n) is 2.46. The Bertz CT molecular complexity index is 1040. The number of rotatable bonds is 7. The first kappa shape index (κ1) is 21.5. The van der Waals surface area contributed by atoms with Crippen LogP contribution in [0.3, 0.4) is 0 Å². The summed E-state index contributed by atoms with van der Waals surface area (Å²) in [6, 6.07) is 10.9. The summed E-state index contributed by atoms with van der Waals surface area (Å²) in [5, 5.41) is 12.6. The standard InChI is InChI=1S/C20H20Cl2N4O2S/c1-12-4-6-15(8-13(12)2)28-10-18-24-25-20(26(18)3)29-11-19(27)23-17-7-5-14(21)9-16(17)22/h4-9H,10-11H2,1-3H3,(H,23,27). The fraction of sp³-hybridized carbons (Fsp3) is 0.250. The minimum Gasteiger partial charge on any atom is -0.486 e. The van der Waals surface area contributed by atoms with E-state index in [1.807, 2.05) is 36.7 Å². The molecule has 6 nitrogen and oxygen atoms in total. The molecule has 1 amide bonds. The van der Waals surface area contributed by atoms with Crippen LogP contribution in [0.5, 0.6) is 5.75 Å². The van der Waals surface area contributed by atoms with E-state index in [0.717, 1.165) is 5.75 Å². The van der Waals surface area contributed by atoms with Gasteiger partial charge in [-0.05, 0) is 55.3 Å². The molecule has 1 aromatic heterocycles. The van der Waals surface area contributed by atoms with Crippen molar-refractivity contribution < 1.29 is 9.53 Å². The van der Waals surface area contributed by atoms with Gasteiger partial charge in [0.1, 0.15) is 12.4 Å². The van der Waals surface area contributed by atoms with E-state index in [1.54, 1.807) is 18.2 Å². The molecule has 0 saturated heterocycles. The number of carbonyl (C=O) groups excluding carboxylic acids is 1. The van der Waals surface area contributed by atoms with Crippen molar-refractivity contribution in [3.8, 4) is 5.75 Å². The Kier molecular flexibility index (Phi) is 7.05. The van der Waals surface area contributed by atoms with E-state index >= 15 is 0 Å². The molecule has 0 bridgehead atoms. The third-order valence-corrected chi connectivity index (χ3v) is 5.88. The van der Waals surface area contributed by atoms with E-state index in [0.29, 0.717) is 33.3 Å². The Hall–Kier alpha value is -2.22. The molecular formula is C20H20Cl2N4O2S. The minimum atomic E-state index is -0.199. The van der Waals surface area contributed by atoms with Crippen molar-refractivity contribution in [2.24, 2.45) is 7.05 Å². The van der Waals surface area contributed by atoms with Crippen molar-refractivity contribution in [3.05, 3.63) is 63.4 Å². The highest BCUT2D eigenvalue weighted by Gasteiger charge is 2.13. The Morgan fingerprint density at radius 1 is 1.14 bits per heavy atom. The van der Waals surface area contributed by atoms with Crippen molar-refractivity contribution >= 4 is 46.6 Å². The van der Waals surface area contributed by atoms with Gasteiger partial charge in [-0.25, -0.2) is 0 Å². The zero-order valence-corrected chi connectivity index (χ0v) is 18.5. The van der Waals surface area contributed by atoms with Gasteiger partial charge in [0.05, 0.1) is 16.5 Å². The highest BCUT2D eigenvalue weighted by molar-refractivity contribution is 7.99. The normalized spacial score (nSPS) is 10.8. The number of nitrogens with zero attached hydrogens (tertiary/aromatic N) is 3. The van der Waals surface area contributed by atoms with Gasteiger partial charge < -0.3 is 14.6 Å². The fourth-order valence-corrected chi connectivity index (χ4v) is 3.64. The summed E-state index contributed by atoms with van der Waals surface area (Å²) in [6.07, 6.45) is 0. The number of hydrogen-bond donors (Lipinski definition) is 1. The van der Waals surface area contributed by atoms with Crippen LogP contribution < -0.4 is 10.1 Å². The molecule has 1 N–H and O–H groups in total. The lowest BCUT2D eigenvalue weighted by molar-refractivity contribution is -0.113. The molecule has 3 rings (SSSR count). The van der Waals surface area contributed by atoms with Gasteiger partial charge in [0, 0.05) is 12.1 Å². The average Bonchev–Trinajstić information content (AvgIpc) is 3.03. The maximum Gasteiger partial charge on any atom is 0.234 e. The Morgan fingerprint density at radius 3 is 2.66 bits per heavy atom. The Balaban J connectivity index is 1.55. The van der Waals surface area contributed by atoms with Gasteiger partial charge in [0.25, 0.3) is 0 Å². The molecule has 1 heterocycles. The zero-order valence-electron chi connectivity index (χ0n) is 16.2. The molecular weight excluding hydrogens is 431 g/mol. The van der Waals surface area contributed by atoms with Crippen LogP contribution in [0.4, 0.5) is 5.69 Å². The molecule has 0 aliphatic rings. The molecule has 0 saturated carbocycles. The predicted molar refractivity (Wildman–Crippen MR) is 117 cm³/mol. The first-order valence-corrected chi connectivity index (χ1v) is 10.5. The summed E-state index contributed by atoms with van der Waals surface area (Å²) < 4.78 is 7.63. The van der Waals surface area contributed by atoms with E-state index in [-0.39, 0.29) is 11.7 Å².